The van der Waals surface area contributed by atoms with Gasteiger partial charge in [-0.1, -0.05) is 46.8 Å². The zero-order valence-electron chi connectivity index (χ0n) is 11.1. The normalized spacial score (nSPS) is 13.6. The third-order valence-electron chi connectivity index (χ3n) is 2.43. The van der Waals surface area contributed by atoms with Crippen molar-refractivity contribution in [2.75, 3.05) is 0 Å². The molecular weight excluding hydrogens is 200 g/mol. The fourth-order valence-electron chi connectivity index (χ4n) is 1.41. The Morgan fingerprint density at radius 3 is 2.20 bits per heavy atom. The first-order valence-corrected chi connectivity index (χ1v) is 9.44. The second-order valence-corrected chi connectivity index (χ2v) is 10.5. The summed E-state index contributed by atoms with van der Waals surface area (Å²) in [6.45, 7) is 13.1. The summed E-state index contributed by atoms with van der Waals surface area (Å²) in [6.07, 6.45) is 3.96. The first-order chi connectivity index (χ1) is 6.80. The molecule has 1 nitrogen and oxygen atoms in total. The van der Waals surface area contributed by atoms with Gasteiger partial charge in [0.05, 0.1) is 14.2 Å². The molecule has 1 N–H and O–H groups in total. The molecule has 0 aliphatic rings. The third kappa shape index (κ3) is 5.36. The summed E-state index contributed by atoms with van der Waals surface area (Å²) < 4.78 is 0. The summed E-state index contributed by atoms with van der Waals surface area (Å²) in [5, 5.41) is 11.3. The van der Waals surface area contributed by atoms with Crippen LogP contribution in [0, 0.1) is 5.92 Å². The number of rotatable bonds is 5. The van der Waals surface area contributed by atoms with Crippen LogP contribution in [0.3, 0.4) is 0 Å². The van der Waals surface area contributed by atoms with Crippen LogP contribution in [0.2, 0.25) is 19.6 Å². The first-order valence-electron chi connectivity index (χ1n) is 5.94. The van der Waals surface area contributed by atoms with Crippen molar-refractivity contribution in [3.05, 3.63) is 17.0 Å². The van der Waals surface area contributed by atoms with Gasteiger partial charge < -0.3 is 5.11 Å². The van der Waals surface area contributed by atoms with Gasteiger partial charge in [0.25, 0.3) is 0 Å². The van der Waals surface area contributed by atoms with Crippen molar-refractivity contribution in [1.29, 1.82) is 0 Å². The number of hydrogen-bond acceptors (Lipinski definition) is 1. The molecule has 0 amide bonds. The van der Waals surface area contributed by atoms with Crippen LogP contribution in [0.15, 0.2) is 17.0 Å². The smallest absolute Gasteiger partial charge is 0.0857 e. The minimum absolute atomic E-state index is 0.286. The van der Waals surface area contributed by atoms with Gasteiger partial charge in [-0.05, 0) is 23.6 Å². The molecule has 0 rings (SSSR count). The number of aliphatic hydroxyl groups is 1. The van der Waals surface area contributed by atoms with Gasteiger partial charge >= 0.3 is 0 Å². The topological polar surface area (TPSA) is 20.2 Å². The van der Waals surface area contributed by atoms with Gasteiger partial charge in [-0.3, -0.25) is 0 Å². The Labute approximate surface area is 95.9 Å². The Hall–Kier alpha value is -0.303. The number of hydrogen-bond donors (Lipinski definition) is 1. The van der Waals surface area contributed by atoms with E-state index in [0.717, 1.165) is 18.0 Å². The molecule has 1 atom stereocenters. The maximum atomic E-state index is 10.1. The van der Waals surface area contributed by atoms with Gasteiger partial charge in [0, 0.05) is 0 Å². The molecular formula is C13H26OSi. The number of aliphatic hydroxyl groups excluding tert-OH is 1. The van der Waals surface area contributed by atoms with E-state index in [-0.39, 0.29) is 12.0 Å². The molecule has 0 aromatic carbocycles. The summed E-state index contributed by atoms with van der Waals surface area (Å²) >= 11 is 0. The predicted molar refractivity (Wildman–Crippen MR) is 70.7 cm³/mol. The van der Waals surface area contributed by atoms with E-state index in [1.54, 1.807) is 0 Å². The predicted octanol–water partition coefficient (Wildman–Crippen LogP) is 3.76. The van der Waals surface area contributed by atoms with Crippen LogP contribution in [0.25, 0.3) is 0 Å². The third-order valence-corrected chi connectivity index (χ3v) is 4.48. The SMILES string of the molecule is CCCC=C=C(C(O)C(C)C)[Si](C)(C)C. The Balaban J connectivity index is 4.99. The molecule has 0 fully saturated rings. The van der Waals surface area contributed by atoms with Gasteiger partial charge in [0.2, 0.25) is 0 Å². The molecule has 0 saturated carbocycles. The van der Waals surface area contributed by atoms with E-state index in [0.29, 0.717) is 0 Å². The van der Waals surface area contributed by atoms with Gasteiger partial charge in [0.15, 0.2) is 0 Å². The zero-order chi connectivity index (χ0) is 12.1. The molecule has 0 bridgehead atoms. The second-order valence-electron chi connectivity index (χ2n) is 5.49. The molecule has 2 heteroatoms. The summed E-state index contributed by atoms with van der Waals surface area (Å²) in [5.74, 6) is 0.286. The van der Waals surface area contributed by atoms with E-state index < -0.39 is 8.07 Å². The van der Waals surface area contributed by atoms with Crippen LogP contribution in [0.1, 0.15) is 33.6 Å². The minimum atomic E-state index is -1.44. The average molecular weight is 226 g/mol. The van der Waals surface area contributed by atoms with Gasteiger partial charge in [-0.25, -0.2) is 0 Å². The van der Waals surface area contributed by atoms with Gasteiger partial charge in [-0.15, -0.1) is 5.73 Å². The Morgan fingerprint density at radius 1 is 1.33 bits per heavy atom. The van der Waals surface area contributed by atoms with Crippen molar-refractivity contribution in [3.8, 4) is 0 Å². The highest BCUT2D eigenvalue weighted by Gasteiger charge is 2.27. The highest BCUT2D eigenvalue weighted by Crippen LogP contribution is 2.21. The molecule has 0 aliphatic carbocycles. The van der Waals surface area contributed by atoms with Gasteiger partial charge in [0.1, 0.15) is 0 Å². The Morgan fingerprint density at radius 2 is 1.87 bits per heavy atom. The van der Waals surface area contributed by atoms with E-state index in [1.165, 1.54) is 0 Å². The fourth-order valence-corrected chi connectivity index (χ4v) is 3.16. The summed E-state index contributed by atoms with van der Waals surface area (Å²) in [5.41, 5.74) is 3.35. The lowest BCUT2D eigenvalue weighted by molar-refractivity contribution is 0.166. The highest BCUT2D eigenvalue weighted by atomic mass is 28.3. The largest absolute Gasteiger partial charge is 0.388 e. The molecule has 0 saturated heterocycles. The molecule has 0 spiro atoms. The zero-order valence-corrected chi connectivity index (χ0v) is 12.1. The molecule has 88 valence electrons. The molecule has 0 heterocycles. The maximum Gasteiger partial charge on any atom is 0.0857 e. The van der Waals surface area contributed by atoms with Gasteiger partial charge in [-0.2, -0.15) is 0 Å². The van der Waals surface area contributed by atoms with Crippen molar-refractivity contribution >= 4 is 8.07 Å². The molecule has 0 aromatic heterocycles. The molecule has 15 heavy (non-hydrogen) atoms. The molecule has 0 radical (unpaired) electrons. The monoisotopic (exact) mass is 226 g/mol. The minimum Gasteiger partial charge on any atom is -0.388 e. The van der Waals surface area contributed by atoms with Crippen LogP contribution in [0.4, 0.5) is 0 Å². The molecule has 0 aromatic rings. The van der Waals surface area contributed by atoms with E-state index in [1.807, 2.05) is 0 Å². The summed E-state index contributed by atoms with van der Waals surface area (Å²) in [7, 11) is -1.44. The summed E-state index contributed by atoms with van der Waals surface area (Å²) in [4.78, 5) is 0. The van der Waals surface area contributed by atoms with Crippen molar-refractivity contribution in [3.63, 3.8) is 0 Å². The van der Waals surface area contributed by atoms with Crippen LogP contribution in [-0.2, 0) is 0 Å². The number of unbranched alkanes of at least 4 members (excludes halogenated alkanes) is 1. The second kappa shape index (κ2) is 6.32. The van der Waals surface area contributed by atoms with Crippen molar-refractivity contribution in [2.45, 2.75) is 59.4 Å². The Bertz CT molecular complexity index is 242. The van der Waals surface area contributed by atoms with Crippen LogP contribution in [0.5, 0.6) is 0 Å². The molecule has 0 aliphatic heterocycles. The Kier molecular flexibility index (Phi) is 6.19. The van der Waals surface area contributed by atoms with Crippen LogP contribution in [-0.4, -0.2) is 19.3 Å². The van der Waals surface area contributed by atoms with E-state index in [2.05, 4.69) is 52.2 Å². The lowest BCUT2D eigenvalue weighted by Gasteiger charge is -2.26. The van der Waals surface area contributed by atoms with Crippen molar-refractivity contribution in [1.82, 2.24) is 0 Å². The van der Waals surface area contributed by atoms with Crippen LogP contribution >= 0.6 is 0 Å². The van der Waals surface area contributed by atoms with Crippen molar-refractivity contribution < 1.29 is 5.11 Å². The average Bonchev–Trinajstić information content (AvgIpc) is 2.09. The fraction of sp³-hybridized carbons (Fsp3) is 0.769. The lowest BCUT2D eigenvalue weighted by Crippen LogP contribution is -2.34. The van der Waals surface area contributed by atoms with E-state index in [9.17, 15) is 5.11 Å². The standard InChI is InChI=1S/C13H26OSi/c1-7-8-9-10-12(15(4,5)6)13(14)11(2)3/h9,11,13-14H,7-8H2,1-6H3. The highest BCUT2D eigenvalue weighted by molar-refractivity contribution is 6.83. The van der Waals surface area contributed by atoms with E-state index >= 15 is 0 Å². The maximum absolute atomic E-state index is 10.1. The molecule has 1 unspecified atom stereocenters. The lowest BCUT2D eigenvalue weighted by atomic mass is 10.1. The first kappa shape index (κ1) is 14.7. The van der Waals surface area contributed by atoms with E-state index in [4.69, 9.17) is 0 Å². The quantitative estimate of drug-likeness (QED) is 0.559. The van der Waals surface area contributed by atoms with Crippen molar-refractivity contribution in [2.24, 2.45) is 5.92 Å². The van der Waals surface area contributed by atoms with Crippen LogP contribution < -0.4 is 0 Å². The summed E-state index contributed by atoms with van der Waals surface area (Å²) in [6, 6.07) is 0.